The number of nitrogens with two attached hydrogens (primary N) is 1. The molecule has 1 amide bonds. The first-order valence-electron chi connectivity index (χ1n) is 7.80. The van der Waals surface area contributed by atoms with Crippen molar-refractivity contribution in [2.45, 2.75) is 44.6 Å². The molecule has 1 aromatic carbocycles. The van der Waals surface area contributed by atoms with Gasteiger partial charge in [-0.1, -0.05) is 43.2 Å². The number of benzene rings is 1. The molecule has 2 aliphatic rings. The van der Waals surface area contributed by atoms with Crippen molar-refractivity contribution in [2.24, 2.45) is 11.1 Å². The molecular formula is C17H24N2O. The van der Waals surface area contributed by atoms with Crippen molar-refractivity contribution >= 4 is 5.91 Å². The summed E-state index contributed by atoms with van der Waals surface area (Å²) in [5, 5.41) is 0. The summed E-state index contributed by atoms with van der Waals surface area (Å²) in [6.45, 7) is 1.78. The average Bonchev–Trinajstić information content (AvgIpc) is 2.96. The fourth-order valence-electron chi connectivity index (χ4n) is 3.83. The van der Waals surface area contributed by atoms with Gasteiger partial charge in [0.1, 0.15) is 6.04 Å². The molecule has 3 heteroatoms. The summed E-state index contributed by atoms with van der Waals surface area (Å²) >= 11 is 0. The van der Waals surface area contributed by atoms with Gasteiger partial charge in [0.25, 0.3) is 0 Å². The van der Waals surface area contributed by atoms with Crippen molar-refractivity contribution in [3.8, 4) is 0 Å². The van der Waals surface area contributed by atoms with Gasteiger partial charge in [-0.15, -0.1) is 0 Å². The molecule has 1 spiro atoms. The second-order valence-corrected chi connectivity index (χ2v) is 6.42. The maximum atomic E-state index is 12.5. The normalized spacial score (nSPS) is 22.9. The number of rotatable bonds is 2. The monoisotopic (exact) mass is 272 g/mol. The van der Waals surface area contributed by atoms with Gasteiger partial charge >= 0.3 is 0 Å². The molecule has 1 aromatic rings. The summed E-state index contributed by atoms with van der Waals surface area (Å²) in [6.07, 6.45) is 7.80. The standard InChI is InChI=1S/C17H24N2O/c18-15(14-6-2-1-3-7-14)16(20)19-12-10-17(11-13-19)8-4-5-9-17/h1-3,6-7,15H,4-5,8-13,18H2/t15-/m1/s1. The maximum absolute atomic E-state index is 12.5. The van der Waals surface area contributed by atoms with Crippen LogP contribution in [0, 0.1) is 5.41 Å². The van der Waals surface area contributed by atoms with E-state index in [1.165, 1.54) is 38.5 Å². The number of carbonyl (C=O) groups is 1. The fraction of sp³-hybridized carbons (Fsp3) is 0.588. The van der Waals surface area contributed by atoms with Crippen LogP contribution >= 0.6 is 0 Å². The molecule has 1 saturated carbocycles. The van der Waals surface area contributed by atoms with Crippen LogP contribution in [0.2, 0.25) is 0 Å². The van der Waals surface area contributed by atoms with Crippen LogP contribution in [0.5, 0.6) is 0 Å². The van der Waals surface area contributed by atoms with E-state index in [0.717, 1.165) is 18.7 Å². The molecule has 2 N–H and O–H groups in total. The fourth-order valence-corrected chi connectivity index (χ4v) is 3.83. The Labute approximate surface area is 121 Å². The Kier molecular flexibility index (Phi) is 3.79. The highest BCUT2D eigenvalue weighted by molar-refractivity contribution is 5.83. The summed E-state index contributed by atoms with van der Waals surface area (Å²) in [4.78, 5) is 14.5. The number of piperidine rings is 1. The van der Waals surface area contributed by atoms with Crippen LogP contribution in [0.1, 0.15) is 50.1 Å². The minimum absolute atomic E-state index is 0.0871. The van der Waals surface area contributed by atoms with Gasteiger partial charge < -0.3 is 10.6 Å². The number of carbonyl (C=O) groups excluding carboxylic acids is 1. The first-order chi connectivity index (χ1) is 9.70. The third kappa shape index (κ3) is 2.59. The Morgan fingerprint density at radius 1 is 1.05 bits per heavy atom. The third-order valence-electron chi connectivity index (χ3n) is 5.22. The minimum atomic E-state index is -0.506. The van der Waals surface area contributed by atoms with Gasteiger partial charge in [0, 0.05) is 13.1 Å². The molecule has 2 fully saturated rings. The van der Waals surface area contributed by atoms with Gasteiger partial charge in [0.2, 0.25) is 5.91 Å². The zero-order valence-electron chi connectivity index (χ0n) is 12.1. The van der Waals surface area contributed by atoms with Crippen LogP contribution in [0.4, 0.5) is 0 Å². The van der Waals surface area contributed by atoms with Crippen molar-refractivity contribution < 1.29 is 4.79 Å². The zero-order chi connectivity index (χ0) is 14.0. The highest BCUT2D eigenvalue weighted by atomic mass is 16.2. The van der Waals surface area contributed by atoms with Crippen molar-refractivity contribution in [1.29, 1.82) is 0 Å². The van der Waals surface area contributed by atoms with E-state index >= 15 is 0 Å². The summed E-state index contributed by atoms with van der Waals surface area (Å²) < 4.78 is 0. The van der Waals surface area contributed by atoms with E-state index in [1.807, 2.05) is 35.2 Å². The SMILES string of the molecule is N[C@@H](C(=O)N1CCC2(CCCC2)CC1)c1ccccc1. The molecular weight excluding hydrogens is 248 g/mol. The lowest BCUT2D eigenvalue weighted by Gasteiger charge is -2.40. The first-order valence-corrected chi connectivity index (χ1v) is 7.80. The summed E-state index contributed by atoms with van der Waals surface area (Å²) in [5.74, 6) is 0.0871. The lowest BCUT2D eigenvalue weighted by molar-refractivity contribution is -0.135. The van der Waals surface area contributed by atoms with Gasteiger partial charge in [0.05, 0.1) is 0 Å². The molecule has 1 atom stereocenters. The van der Waals surface area contributed by atoms with Gasteiger partial charge in [-0.3, -0.25) is 4.79 Å². The van der Waals surface area contributed by atoms with Crippen molar-refractivity contribution in [1.82, 2.24) is 4.90 Å². The number of hydrogen-bond donors (Lipinski definition) is 1. The number of hydrogen-bond acceptors (Lipinski definition) is 2. The van der Waals surface area contributed by atoms with Gasteiger partial charge in [-0.25, -0.2) is 0 Å². The van der Waals surface area contributed by atoms with Crippen LogP contribution in [0.15, 0.2) is 30.3 Å². The van der Waals surface area contributed by atoms with E-state index in [0.29, 0.717) is 5.41 Å². The lowest BCUT2D eigenvalue weighted by atomic mass is 9.77. The van der Waals surface area contributed by atoms with Crippen molar-refractivity contribution in [2.75, 3.05) is 13.1 Å². The predicted octanol–water partition coefficient (Wildman–Crippen LogP) is 2.87. The number of likely N-dealkylation sites (tertiary alicyclic amines) is 1. The largest absolute Gasteiger partial charge is 0.341 e. The van der Waals surface area contributed by atoms with Crippen LogP contribution in [-0.2, 0) is 4.79 Å². The smallest absolute Gasteiger partial charge is 0.244 e. The third-order valence-corrected chi connectivity index (χ3v) is 5.22. The molecule has 1 aliphatic heterocycles. The zero-order valence-corrected chi connectivity index (χ0v) is 12.1. The van der Waals surface area contributed by atoms with Gasteiger partial charge in [0.15, 0.2) is 0 Å². The highest BCUT2D eigenvalue weighted by Crippen LogP contribution is 2.46. The van der Waals surface area contributed by atoms with E-state index in [1.54, 1.807) is 0 Å². The van der Waals surface area contributed by atoms with Crippen LogP contribution < -0.4 is 5.73 Å². The Balaban J connectivity index is 1.61. The second-order valence-electron chi connectivity index (χ2n) is 6.42. The quantitative estimate of drug-likeness (QED) is 0.900. The van der Waals surface area contributed by atoms with Gasteiger partial charge in [-0.05, 0) is 36.7 Å². The highest BCUT2D eigenvalue weighted by Gasteiger charge is 2.38. The van der Waals surface area contributed by atoms with E-state index in [2.05, 4.69) is 0 Å². The predicted molar refractivity (Wildman–Crippen MR) is 80.1 cm³/mol. The topological polar surface area (TPSA) is 46.3 Å². The summed E-state index contributed by atoms with van der Waals surface area (Å²) in [6, 6.07) is 9.19. The molecule has 3 nitrogen and oxygen atoms in total. The van der Waals surface area contributed by atoms with Crippen LogP contribution in [0.25, 0.3) is 0 Å². The number of amides is 1. The van der Waals surface area contributed by atoms with Crippen molar-refractivity contribution in [3.05, 3.63) is 35.9 Å². The average molecular weight is 272 g/mol. The first kappa shape index (κ1) is 13.6. The maximum Gasteiger partial charge on any atom is 0.244 e. The molecule has 1 saturated heterocycles. The van der Waals surface area contributed by atoms with E-state index in [9.17, 15) is 4.79 Å². The Morgan fingerprint density at radius 3 is 2.25 bits per heavy atom. The van der Waals surface area contributed by atoms with Gasteiger partial charge in [-0.2, -0.15) is 0 Å². The summed E-state index contributed by atoms with van der Waals surface area (Å²) in [7, 11) is 0. The molecule has 0 aromatic heterocycles. The van der Waals surface area contributed by atoms with E-state index in [4.69, 9.17) is 5.73 Å². The molecule has 1 heterocycles. The summed E-state index contributed by atoms with van der Waals surface area (Å²) in [5.41, 5.74) is 7.59. The molecule has 20 heavy (non-hydrogen) atoms. The second kappa shape index (κ2) is 5.57. The van der Waals surface area contributed by atoms with E-state index in [-0.39, 0.29) is 5.91 Å². The molecule has 3 rings (SSSR count). The Morgan fingerprint density at radius 2 is 1.65 bits per heavy atom. The van der Waals surface area contributed by atoms with Crippen LogP contribution in [-0.4, -0.2) is 23.9 Å². The molecule has 0 bridgehead atoms. The molecule has 1 aliphatic carbocycles. The Hall–Kier alpha value is -1.35. The lowest BCUT2D eigenvalue weighted by Crippen LogP contribution is -2.45. The molecule has 108 valence electrons. The van der Waals surface area contributed by atoms with E-state index < -0.39 is 6.04 Å². The van der Waals surface area contributed by atoms with Crippen LogP contribution in [0.3, 0.4) is 0 Å². The van der Waals surface area contributed by atoms with Crippen molar-refractivity contribution in [3.63, 3.8) is 0 Å². The molecule has 0 unspecified atom stereocenters. The number of nitrogens with zero attached hydrogens (tertiary/aromatic N) is 1. The molecule has 0 radical (unpaired) electrons. The Bertz CT molecular complexity index is 455. The minimum Gasteiger partial charge on any atom is -0.341 e.